The summed E-state index contributed by atoms with van der Waals surface area (Å²) >= 11 is 0. The van der Waals surface area contributed by atoms with Gasteiger partial charge in [0.1, 0.15) is 11.6 Å². The van der Waals surface area contributed by atoms with Gasteiger partial charge >= 0.3 is 12.1 Å². The van der Waals surface area contributed by atoms with E-state index in [0.29, 0.717) is 24.9 Å². The number of likely N-dealkylation sites (tertiary alicyclic amines) is 1. The molecule has 0 spiro atoms. The fraction of sp³-hybridized carbons (Fsp3) is 0.375. The molecule has 1 amide bonds. The number of ether oxygens (including phenoxy) is 2. The van der Waals surface area contributed by atoms with E-state index in [1.54, 1.807) is 32.9 Å². The van der Waals surface area contributed by atoms with Crippen molar-refractivity contribution in [3.63, 3.8) is 0 Å². The summed E-state index contributed by atoms with van der Waals surface area (Å²) in [6, 6.07) is 16.3. The first-order valence-corrected chi connectivity index (χ1v) is 10.1. The van der Waals surface area contributed by atoms with Crippen molar-refractivity contribution >= 4 is 17.8 Å². The van der Waals surface area contributed by atoms with Crippen molar-refractivity contribution in [3.8, 4) is 11.1 Å². The average Bonchev–Trinajstić information content (AvgIpc) is 3.21. The van der Waals surface area contributed by atoms with Gasteiger partial charge < -0.3 is 9.47 Å². The van der Waals surface area contributed by atoms with Gasteiger partial charge in [-0.3, -0.25) is 9.69 Å². The molecule has 0 aliphatic carbocycles. The lowest BCUT2D eigenvalue weighted by molar-refractivity contribution is -0.147. The molecule has 6 heteroatoms. The van der Waals surface area contributed by atoms with Gasteiger partial charge in [-0.15, -0.1) is 0 Å². The lowest BCUT2D eigenvalue weighted by atomic mass is 10.0. The Labute approximate surface area is 176 Å². The number of ketones is 1. The minimum atomic E-state index is -0.715. The van der Waals surface area contributed by atoms with E-state index < -0.39 is 23.7 Å². The van der Waals surface area contributed by atoms with E-state index in [9.17, 15) is 14.4 Å². The maximum Gasteiger partial charge on any atom is 0.411 e. The minimum Gasteiger partial charge on any atom is -0.456 e. The molecule has 1 aliphatic rings. The van der Waals surface area contributed by atoms with Gasteiger partial charge in [0.15, 0.2) is 12.4 Å². The molecule has 2 aromatic carbocycles. The Morgan fingerprint density at radius 2 is 1.60 bits per heavy atom. The van der Waals surface area contributed by atoms with E-state index in [1.807, 2.05) is 42.5 Å². The Hall–Kier alpha value is -3.15. The molecule has 0 radical (unpaired) electrons. The van der Waals surface area contributed by atoms with Crippen LogP contribution in [0.25, 0.3) is 11.1 Å². The summed E-state index contributed by atoms with van der Waals surface area (Å²) in [4.78, 5) is 38.6. The van der Waals surface area contributed by atoms with Gasteiger partial charge in [0.05, 0.1) is 0 Å². The van der Waals surface area contributed by atoms with Crippen molar-refractivity contribution in [2.24, 2.45) is 0 Å². The van der Waals surface area contributed by atoms with Crippen LogP contribution in [0.1, 0.15) is 44.0 Å². The highest BCUT2D eigenvalue weighted by Gasteiger charge is 2.37. The summed E-state index contributed by atoms with van der Waals surface area (Å²) in [6.07, 6.45) is 0.649. The number of nitrogens with zero attached hydrogens (tertiary/aromatic N) is 1. The first-order valence-electron chi connectivity index (χ1n) is 10.1. The maximum atomic E-state index is 12.5. The van der Waals surface area contributed by atoms with Gasteiger partial charge in [-0.25, -0.2) is 9.59 Å². The number of esters is 1. The molecule has 1 heterocycles. The number of Topliss-reactive ketones (excluding diaryl/α,β-unsaturated/α-hetero) is 1. The summed E-state index contributed by atoms with van der Waals surface area (Å²) in [7, 11) is 0. The number of rotatable bonds is 5. The predicted molar refractivity (Wildman–Crippen MR) is 113 cm³/mol. The van der Waals surface area contributed by atoms with Gasteiger partial charge in [0.2, 0.25) is 0 Å². The largest absolute Gasteiger partial charge is 0.456 e. The Balaban J connectivity index is 1.56. The number of carbonyl (C=O) groups excluding carboxylic acids is 3. The van der Waals surface area contributed by atoms with E-state index in [-0.39, 0.29) is 12.4 Å². The second-order valence-electron chi connectivity index (χ2n) is 8.31. The van der Waals surface area contributed by atoms with Crippen LogP contribution in [0.2, 0.25) is 0 Å². The molecule has 3 rings (SSSR count). The molecule has 1 fully saturated rings. The van der Waals surface area contributed by atoms with E-state index in [4.69, 9.17) is 9.47 Å². The summed E-state index contributed by atoms with van der Waals surface area (Å²) in [5.41, 5.74) is 1.89. The molecular formula is C24H27NO5. The summed E-state index contributed by atoms with van der Waals surface area (Å²) in [6.45, 7) is 5.40. The molecule has 1 unspecified atom stereocenters. The SMILES string of the molecule is CC(C)(C)OC(=O)N1CCCC1C(=O)OCC(=O)c1ccc(-c2ccccc2)cc1. The van der Waals surface area contributed by atoms with Crippen molar-refractivity contribution in [2.75, 3.05) is 13.2 Å². The van der Waals surface area contributed by atoms with Crippen molar-refractivity contribution in [2.45, 2.75) is 45.3 Å². The van der Waals surface area contributed by atoms with Crippen molar-refractivity contribution in [1.29, 1.82) is 0 Å². The first-order chi connectivity index (χ1) is 14.2. The minimum absolute atomic E-state index is 0.287. The van der Waals surface area contributed by atoms with Gasteiger partial charge in [0.25, 0.3) is 0 Å². The molecule has 30 heavy (non-hydrogen) atoms. The zero-order valence-corrected chi connectivity index (χ0v) is 17.6. The lowest BCUT2D eigenvalue weighted by Crippen LogP contribution is -2.44. The number of amides is 1. The summed E-state index contributed by atoms with van der Waals surface area (Å²) in [5.74, 6) is -0.864. The summed E-state index contributed by atoms with van der Waals surface area (Å²) in [5, 5.41) is 0. The molecule has 0 aromatic heterocycles. The zero-order chi connectivity index (χ0) is 21.7. The number of hydrogen-bond acceptors (Lipinski definition) is 5. The second kappa shape index (κ2) is 9.11. The van der Waals surface area contributed by atoms with E-state index >= 15 is 0 Å². The monoisotopic (exact) mass is 409 g/mol. The van der Waals surface area contributed by atoms with Crippen LogP contribution in [0.15, 0.2) is 54.6 Å². The molecule has 0 N–H and O–H groups in total. The van der Waals surface area contributed by atoms with Crippen LogP contribution in [0.5, 0.6) is 0 Å². The highest BCUT2D eigenvalue weighted by Crippen LogP contribution is 2.22. The summed E-state index contributed by atoms with van der Waals surface area (Å²) < 4.78 is 10.6. The molecular weight excluding hydrogens is 382 g/mol. The molecule has 1 atom stereocenters. The highest BCUT2D eigenvalue weighted by molar-refractivity contribution is 5.98. The van der Waals surface area contributed by atoms with Crippen LogP contribution in [0.3, 0.4) is 0 Å². The Bertz CT molecular complexity index is 899. The number of benzene rings is 2. The normalized spacial score (nSPS) is 16.2. The zero-order valence-electron chi connectivity index (χ0n) is 17.6. The van der Waals surface area contributed by atoms with Gasteiger partial charge in [-0.05, 0) is 44.7 Å². The van der Waals surface area contributed by atoms with Crippen LogP contribution >= 0.6 is 0 Å². The molecule has 0 saturated carbocycles. The van der Waals surface area contributed by atoms with Crippen LogP contribution < -0.4 is 0 Å². The molecule has 1 aliphatic heterocycles. The van der Waals surface area contributed by atoms with Gasteiger partial charge in [0, 0.05) is 12.1 Å². The van der Waals surface area contributed by atoms with Gasteiger partial charge in [-0.1, -0.05) is 54.6 Å². The van der Waals surface area contributed by atoms with Crippen LogP contribution in [-0.4, -0.2) is 47.5 Å². The quantitative estimate of drug-likeness (QED) is 0.538. The molecule has 2 aromatic rings. The third-order valence-electron chi connectivity index (χ3n) is 4.81. The number of carbonyl (C=O) groups is 3. The fourth-order valence-corrected chi connectivity index (χ4v) is 3.35. The topological polar surface area (TPSA) is 72.9 Å². The average molecular weight is 409 g/mol. The first kappa shape index (κ1) is 21.6. The van der Waals surface area contributed by atoms with E-state index in [0.717, 1.165) is 11.1 Å². The van der Waals surface area contributed by atoms with E-state index in [2.05, 4.69) is 0 Å². The Morgan fingerprint density at radius 3 is 2.23 bits per heavy atom. The smallest absolute Gasteiger partial charge is 0.411 e. The third kappa shape index (κ3) is 5.47. The Kier molecular flexibility index (Phi) is 6.55. The molecule has 6 nitrogen and oxygen atoms in total. The highest BCUT2D eigenvalue weighted by atomic mass is 16.6. The Morgan fingerprint density at radius 1 is 0.967 bits per heavy atom. The van der Waals surface area contributed by atoms with Crippen LogP contribution in [0.4, 0.5) is 4.79 Å². The molecule has 1 saturated heterocycles. The fourth-order valence-electron chi connectivity index (χ4n) is 3.35. The van der Waals surface area contributed by atoms with Gasteiger partial charge in [-0.2, -0.15) is 0 Å². The molecule has 158 valence electrons. The number of hydrogen-bond donors (Lipinski definition) is 0. The van der Waals surface area contributed by atoms with Crippen molar-refractivity contribution < 1.29 is 23.9 Å². The van der Waals surface area contributed by atoms with Crippen LogP contribution in [0, 0.1) is 0 Å². The maximum absolute atomic E-state index is 12.5. The van der Waals surface area contributed by atoms with E-state index in [1.165, 1.54) is 4.90 Å². The lowest BCUT2D eigenvalue weighted by Gasteiger charge is -2.27. The second-order valence-corrected chi connectivity index (χ2v) is 8.31. The standard InChI is InChI=1S/C24H27NO5/c1-24(2,3)30-23(28)25-15-7-10-20(25)22(27)29-16-21(26)19-13-11-18(12-14-19)17-8-5-4-6-9-17/h4-6,8-9,11-14,20H,7,10,15-16H2,1-3H3. The van der Waals surface area contributed by atoms with Crippen molar-refractivity contribution in [1.82, 2.24) is 4.90 Å². The molecule has 0 bridgehead atoms. The van der Waals surface area contributed by atoms with Crippen molar-refractivity contribution in [3.05, 3.63) is 60.2 Å². The van der Waals surface area contributed by atoms with Crippen LogP contribution in [-0.2, 0) is 14.3 Å². The predicted octanol–water partition coefficient (Wildman–Crippen LogP) is 4.48. The third-order valence-corrected chi connectivity index (χ3v) is 4.81.